The zero-order valence-electron chi connectivity index (χ0n) is 26.1. The quantitative estimate of drug-likeness (QED) is 0.0696. The van der Waals surface area contributed by atoms with Gasteiger partial charge in [0, 0.05) is 36.3 Å². The average Bonchev–Trinajstić information content (AvgIpc) is 3.06. The van der Waals surface area contributed by atoms with Crippen molar-refractivity contribution in [3.8, 4) is 5.75 Å². The number of esters is 1. The van der Waals surface area contributed by atoms with Crippen molar-refractivity contribution in [1.82, 2.24) is 4.90 Å². The van der Waals surface area contributed by atoms with E-state index in [1.807, 2.05) is 85.5 Å². The largest absolute Gasteiger partial charge is 0.494 e. The lowest BCUT2D eigenvalue weighted by molar-refractivity contribution is -0.141. The van der Waals surface area contributed by atoms with Crippen LogP contribution in [0.2, 0.25) is 0 Å². The Balaban J connectivity index is 1.35. The van der Waals surface area contributed by atoms with Gasteiger partial charge in [-0.2, -0.15) is 0 Å². The van der Waals surface area contributed by atoms with Gasteiger partial charge in [0.2, 0.25) is 5.91 Å². The number of ether oxygens (including phenoxy) is 2. The van der Waals surface area contributed by atoms with Gasteiger partial charge in [0.25, 0.3) is 0 Å². The smallest absolute Gasteiger partial charge is 0.328 e. The summed E-state index contributed by atoms with van der Waals surface area (Å²) in [7, 11) is 1.35. The van der Waals surface area contributed by atoms with Crippen molar-refractivity contribution in [2.24, 2.45) is 0 Å². The second-order valence-corrected chi connectivity index (χ2v) is 10.8. The van der Waals surface area contributed by atoms with Crippen LogP contribution in [0.1, 0.15) is 46.0 Å². The van der Waals surface area contributed by atoms with Crippen LogP contribution in [0, 0.1) is 6.92 Å². The summed E-state index contributed by atoms with van der Waals surface area (Å²) >= 11 is 0. The van der Waals surface area contributed by atoms with Gasteiger partial charge in [-0.3, -0.25) is 9.59 Å². The normalized spacial score (nSPS) is 11.5. The Kier molecular flexibility index (Phi) is 12.1. The molecule has 4 aromatic rings. The van der Waals surface area contributed by atoms with E-state index in [4.69, 9.17) is 9.47 Å². The first-order valence-corrected chi connectivity index (χ1v) is 15.1. The molecule has 1 atom stereocenters. The van der Waals surface area contributed by atoms with Crippen molar-refractivity contribution in [2.75, 3.05) is 25.6 Å². The van der Waals surface area contributed by atoms with Gasteiger partial charge >= 0.3 is 5.97 Å². The molecule has 0 aliphatic carbocycles. The topological polar surface area (TPSA) is 84.9 Å². The maximum atomic E-state index is 13.2. The van der Waals surface area contributed by atoms with Crippen LogP contribution in [0.5, 0.6) is 5.75 Å². The molecule has 0 aromatic heterocycles. The van der Waals surface area contributed by atoms with Crippen LogP contribution in [-0.2, 0) is 27.3 Å². The van der Waals surface area contributed by atoms with Gasteiger partial charge in [-0.25, -0.2) is 4.79 Å². The molecular weight excluding hydrogens is 564 g/mol. The SMILES string of the molecule is CC=CC(=O)N(CCCOc1ccc(C[C@H](Nc2ccccc2C(=O)c2ccccc2)C(=O)OC)cc1)Cc1cccc(C)c1. The first kappa shape index (κ1) is 32.7. The number of methoxy groups -OCH3 is 1. The highest BCUT2D eigenvalue weighted by Crippen LogP contribution is 2.22. The van der Waals surface area contributed by atoms with Crippen molar-refractivity contribution in [3.05, 3.63) is 143 Å². The van der Waals surface area contributed by atoms with Crippen molar-refractivity contribution >= 4 is 23.3 Å². The maximum Gasteiger partial charge on any atom is 0.328 e. The number of ketones is 1. The Morgan fingerprint density at radius 3 is 2.31 bits per heavy atom. The zero-order valence-corrected chi connectivity index (χ0v) is 26.1. The minimum Gasteiger partial charge on any atom is -0.494 e. The molecular formula is C38H40N2O5. The van der Waals surface area contributed by atoms with Gasteiger partial charge in [0.1, 0.15) is 11.8 Å². The summed E-state index contributed by atoms with van der Waals surface area (Å²) in [6.45, 7) is 5.44. The van der Waals surface area contributed by atoms with Crippen LogP contribution in [-0.4, -0.2) is 48.9 Å². The van der Waals surface area contributed by atoms with Crippen LogP contribution >= 0.6 is 0 Å². The van der Waals surface area contributed by atoms with E-state index >= 15 is 0 Å². The van der Waals surface area contributed by atoms with Gasteiger partial charge in [-0.1, -0.05) is 90.5 Å². The number of anilines is 1. The van der Waals surface area contributed by atoms with Gasteiger partial charge in [-0.05, 0) is 61.7 Å². The lowest BCUT2D eigenvalue weighted by Gasteiger charge is -2.22. The summed E-state index contributed by atoms with van der Waals surface area (Å²) in [6, 6.07) is 31.2. The standard InChI is InChI=1S/C38H40N2O5/c1-4-12-36(41)40(27-30-14-10-13-28(2)25-30)23-11-24-45-32-21-19-29(20-22-32)26-35(38(43)44-3)39-34-18-9-8-17-33(34)37(42)31-15-6-5-7-16-31/h4-10,12-22,25,35,39H,11,23-24,26-27H2,1-3H3/t35-/m0/s1. The second kappa shape index (κ2) is 16.6. The molecule has 0 saturated heterocycles. The Bertz CT molecular complexity index is 1600. The number of carbonyl (C=O) groups excluding carboxylic acids is 3. The predicted octanol–water partition coefficient (Wildman–Crippen LogP) is 6.80. The highest BCUT2D eigenvalue weighted by atomic mass is 16.5. The van der Waals surface area contributed by atoms with E-state index in [2.05, 4.69) is 11.4 Å². The fraction of sp³-hybridized carbons (Fsp3) is 0.237. The molecule has 0 unspecified atom stereocenters. The fourth-order valence-corrected chi connectivity index (χ4v) is 5.02. The number of benzene rings is 4. The number of hydrogen-bond acceptors (Lipinski definition) is 6. The van der Waals surface area contributed by atoms with Crippen molar-refractivity contribution < 1.29 is 23.9 Å². The molecule has 0 spiro atoms. The molecule has 1 N–H and O–H groups in total. The van der Waals surface area contributed by atoms with E-state index in [0.717, 1.165) is 16.7 Å². The molecule has 0 saturated carbocycles. The molecule has 1 amide bonds. The van der Waals surface area contributed by atoms with Crippen molar-refractivity contribution in [2.45, 2.75) is 39.3 Å². The Hall–Kier alpha value is -5.17. The molecule has 0 heterocycles. The molecule has 45 heavy (non-hydrogen) atoms. The summed E-state index contributed by atoms with van der Waals surface area (Å²) in [5.74, 6) is 0.114. The van der Waals surface area contributed by atoms with E-state index in [9.17, 15) is 14.4 Å². The predicted molar refractivity (Wildman–Crippen MR) is 177 cm³/mol. The van der Waals surface area contributed by atoms with Crippen LogP contribution in [0.25, 0.3) is 0 Å². The van der Waals surface area contributed by atoms with E-state index < -0.39 is 12.0 Å². The van der Waals surface area contributed by atoms with E-state index in [1.54, 1.807) is 42.5 Å². The van der Waals surface area contributed by atoms with Gasteiger partial charge in [0.05, 0.1) is 13.7 Å². The summed E-state index contributed by atoms with van der Waals surface area (Å²) in [6.07, 6.45) is 4.37. The summed E-state index contributed by atoms with van der Waals surface area (Å²) in [5.41, 5.74) is 4.76. The molecule has 7 heteroatoms. The number of hydrogen-bond donors (Lipinski definition) is 1. The summed E-state index contributed by atoms with van der Waals surface area (Å²) in [4.78, 5) is 40.5. The molecule has 0 aliphatic heterocycles. The van der Waals surface area contributed by atoms with Gasteiger partial charge < -0.3 is 19.7 Å². The number of amides is 1. The number of aryl methyl sites for hydroxylation is 1. The van der Waals surface area contributed by atoms with Crippen molar-refractivity contribution in [1.29, 1.82) is 0 Å². The van der Waals surface area contributed by atoms with Crippen LogP contribution in [0.15, 0.2) is 115 Å². The van der Waals surface area contributed by atoms with Crippen LogP contribution in [0.4, 0.5) is 5.69 Å². The number of allylic oxidation sites excluding steroid dienone is 1. The first-order chi connectivity index (χ1) is 21.9. The highest BCUT2D eigenvalue weighted by molar-refractivity contribution is 6.12. The van der Waals surface area contributed by atoms with E-state index in [0.29, 0.717) is 55.1 Å². The Labute approximate surface area is 265 Å². The molecule has 0 radical (unpaired) electrons. The number of para-hydroxylation sites is 1. The third-order valence-electron chi connectivity index (χ3n) is 7.30. The third kappa shape index (κ3) is 9.66. The first-order valence-electron chi connectivity index (χ1n) is 15.1. The van der Waals surface area contributed by atoms with Crippen LogP contribution in [0.3, 0.4) is 0 Å². The lowest BCUT2D eigenvalue weighted by Crippen LogP contribution is -2.33. The third-order valence-corrected chi connectivity index (χ3v) is 7.30. The number of carbonyl (C=O) groups is 3. The molecule has 0 fully saturated rings. The minimum atomic E-state index is -0.708. The fourth-order valence-electron chi connectivity index (χ4n) is 5.02. The number of rotatable bonds is 15. The zero-order chi connectivity index (χ0) is 32.0. The van der Waals surface area contributed by atoms with Gasteiger partial charge in [0.15, 0.2) is 5.78 Å². The van der Waals surface area contributed by atoms with Crippen molar-refractivity contribution in [3.63, 3.8) is 0 Å². The maximum absolute atomic E-state index is 13.2. The molecule has 4 aromatic carbocycles. The number of nitrogens with zero attached hydrogens (tertiary/aromatic N) is 1. The average molecular weight is 605 g/mol. The minimum absolute atomic E-state index is 0.0239. The van der Waals surface area contributed by atoms with E-state index in [1.165, 1.54) is 7.11 Å². The Morgan fingerprint density at radius 1 is 0.867 bits per heavy atom. The molecule has 0 bridgehead atoms. The molecule has 4 rings (SSSR count). The number of nitrogens with one attached hydrogen (secondary N) is 1. The Morgan fingerprint density at radius 2 is 1.60 bits per heavy atom. The molecule has 232 valence electrons. The second-order valence-electron chi connectivity index (χ2n) is 10.8. The molecule has 0 aliphatic rings. The molecule has 7 nitrogen and oxygen atoms in total. The highest BCUT2D eigenvalue weighted by Gasteiger charge is 2.22. The van der Waals surface area contributed by atoms with Crippen LogP contribution < -0.4 is 10.1 Å². The monoisotopic (exact) mass is 604 g/mol. The summed E-state index contributed by atoms with van der Waals surface area (Å²) in [5, 5.41) is 3.24. The lowest BCUT2D eigenvalue weighted by atomic mass is 10.00. The van der Waals surface area contributed by atoms with E-state index in [-0.39, 0.29) is 11.7 Å². The van der Waals surface area contributed by atoms with Gasteiger partial charge in [-0.15, -0.1) is 0 Å². The summed E-state index contributed by atoms with van der Waals surface area (Å²) < 4.78 is 11.1.